The fourth-order valence-electron chi connectivity index (χ4n) is 0.395. The molecule has 3 nitrogen and oxygen atoms in total. The van der Waals surface area contributed by atoms with Gasteiger partial charge in [-0.15, -0.1) is 0 Å². The predicted octanol–water partition coefficient (Wildman–Crippen LogP) is 0.900. The molecule has 2 N–H and O–H groups in total. The summed E-state index contributed by atoms with van der Waals surface area (Å²) in [5.74, 6) is 0.780. The van der Waals surface area contributed by atoms with Crippen molar-refractivity contribution in [1.82, 2.24) is 4.98 Å². The number of hydrogen-bond donors (Lipinski definition) is 1. The molecule has 0 fully saturated rings. The molecule has 0 atom stereocenters. The Labute approximate surface area is 46.8 Å². The first-order valence-electron chi connectivity index (χ1n) is 2.16. The standard InChI is InChI=1S/C5H6N2O/c1-2-5-7-3-4(6)8-5/h2-3H,1,6H2. The van der Waals surface area contributed by atoms with E-state index in [1.165, 1.54) is 12.3 Å². The summed E-state index contributed by atoms with van der Waals surface area (Å²) in [6, 6.07) is 0. The van der Waals surface area contributed by atoms with Crippen molar-refractivity contribution in [3.8, 4) is 0 Å². The fourth-order valence-corrected chi connectivity index (χ4v) is 0.395. The van der Waals surface area contributed by atoms with Gasteiger partial charge in [0.05, 0.1) is 6.20 Å². The van der Waals surface area contributed by atoms with Gasteiger partial charge in [-0.3, -0.25) is 0 Å². The minimum atomic E-state index is 0.319. The van der Waals surface area contributed by atoms with Gasteiger partial charge in [0.1, 0.15) is 0 Å². The van der Waals surface area contributed by atoms with E-state index in [2.05, 4.69) is 11.6 Å². The van der Waals surface area contributed by atoms with Crippen molar-refractivity contribution in [2.75, 3.05) is 5.73 Å². The second-order valence-corrected chi connectivity index (χ2v) is 1.30. The SMILES string of the molecule is C=Cc1ncc(N)o1. The van der Waals surface area contributed by atoms with Crippen LogP contribution in [-0.2, 0) is 0 Å². The van der Waals surface area contributed by atoms with Crippen LogP contribution in [0, 0.1) is 0 Å². The van der Waals surface area contributed by atoms with E-state index >= 15 is 0 Å². The van der Waals surface area contributed by atoms with Crippen molar-refractivity contribution in [3.05, 3.63) is 18.7 Å². The van der Waals surface area contributed by atoms with E-state index in [1.54, 1.807) is 0 Å². The number of oxazole rings is 1. The first-order chi connectivity index (χ1) is 3.83. The van der Waals surface area contributed by atoms with E-state index in [4.69, 9.17) is 10.2 Å². The molecule has 0 aliphatic heterocycles. The number of anilines is 1. The molecule has 0 aromatic carbocycles. The highest BCUT2D eigenvalue weighted by molar-refractivity contribution is 5.36. The molecule has 0 radical (unpaired) electrons. The van der Waals surface area contributed by atoms with Gasteiger partial charge in [-0.1, -0.05) is 6.58 Å². The lowest BCUT2D eigenvalue weighted by atomic mass is 10.6. The predicted molar refractivity (Wildman–Crippen MR) is 31.0 cm³/mol. The third-order valence-electron chi connectivity index (χ3n) is 0.716. The zero-order valence-corrected chi connectivity index (χ0v) is 4.29. The Balaban J connectivity index is 3.00. The molecule has 1 rings (SSSR count). The summed E-state index contributed by atoms with van der Waals surface area (Å²) in [4.78, 5) is 3.72. The van der Waals surface area contributed by atoms with Gasteiger partial charge in [0.15, 0.2) is 0 Å². The van der Waals surface area contributed by atoms with Crippen LogP contribution in [0.15, 0.2) is 17.2 Å². The van der Waals surface area contributed by atoms with Crippen molar-refractivity contribution in [2.45, 2.75) is 0 Å². The molecular weight excluding hydrogens is 104 g/mol. The van der Waals surface area contributed by atoms with Crippen LogP contribution >= 0.6 is 0 Å². The van der Waals surface area contributed by atoms with Crippen molar-refractivity contribution < 1.29 is 4.42 Å². The van der Waals surface area contributed by atoms with Crippen molar-refractivity contribution in [2.24, 2.45) is 0 Å². The number of rotatable bonds is 1. The maximum Gasteiger partial charge on any atom is 0.220 e. The molecule has 0 saturated carbocycles. The second kappa shape index (κ2) is 1.69. The summed E-state index contributed by atoms with van der Waals surface area (Å²) < 4.78 is 4.78. The molecule has 0 bridgehead atoms. The largest absolute Gasteiger partial charge is 0.422 e. The van der Waals surface area contributed by atoms with E-state index < -0.39 is 0 Å². The Hall–Kier alpha value is -1.25. The number of nitrogen functional groups attached to an aromatic ring is 1. The van der Waals surface area contributed by atoms with Crippen LogP contribution in [0.1, 0.15) is 5.89 Å². The van der Waals surface area contributed by atoms with Crippen LogP contribution in [0.2, 0.25) is 0 Å². The Bertz CT molecular complexity index is 192. The molecule has 42 valence electrons. The first-order valence-corrected chi connectivity index (χ1v) is 2.16. The monoisotopic (exact) mass is 110 g/mol. The molecular formula is C5H6N2O. The van der Waals surface area contributed by atoms with Crippen molar-refractivity contribution in [1.29, 1.82) is 0 Å². The van der Waals surface area contributed by atoms with Crippen LogP contribution in [-0.4, -0.2) is 4.98 Å². The topological polar surface area (TPSA) is 52.0 Å². The molecule has 0 spiro atoms. The van der Waals surface area contributed by atoms with E-state index in [1.807, 2.05) is 0 Å². The lowest BCUT2D eigenvalue weighted by molar-refractivity contribution is 0.565. The molecule has 1 heterocycles. The summed E-state index contributed by atoms with van der Waals surface area (Å²) in [5, 5.41) is 0. The summed E-state index contributed by atoms with van der Waals surface area (Å²) in [6.07, 6.45) is 2.94. The highest BCUT2D eigenvalue weighted by atomic mass is 16.4. The minimum Gasteiger partial charge on any atom is -0.422 e. The average Bonchev–Trinajstić information content (AvgIpc) is 2.14. The summed E-state index contributed by atoms with van der Waals surface area (Å²) in [7, 11) is 0. The van der Waals surface area contributed by atoms with Gasteiger partial charge < -0.3 is 10.2 Å². The maximum absolute atomic E-state index is 5.18. The molecule has 1 aromatic rings. The number of nitrogens with zero attached hydrogens (tertiary/aromatic N) is 1. The van der Waals surface area contributed by atoms with Gasteiger partial charge in [-0.2, -0.15) is 0 Å². The molecule has 8 heavy (non-hydrogen) atoms. The zero-order valence-electron chi connectivity index (χ0n) is 4.29. The van der Waals surface area contributed by atoms with Crippen LogP contribution < -0.4 is 5.73 Å². The lowest BCUT2D eigenvalue weighted by Crippen LogP contribution is -1.75. The molecule has 0 unspecified atom stereocenters. The number of hydrogen-bond acceptors (Lipinski definition) is 3. The minimum absolute atomic E-state index is 0.319. The maximum atomic E-state index is 5.18. The second-order valence-electron chi connectivity index (χ2n) is 1.30. The smallest absolute Gasteiger partial charge is 0.220 e. The van der Waals surface area contributed by atoms with Crippen LogP contribution in [0.25, 0.3) is 6.08 Å². The van der Waals surface area contributed by atoms with E-state index in [0.29, 0.717) is 11.8 Å². The van der Waals surface area contributed by atoms with E-state index in [0.717, 1.165) is 0 Å². The molecule has 0 aliphatic rings. The van der Waals surface area contributed by atoms with Gasteiger partial charge >= 0.3 is 0 Å². The van der Waals surface area contributed by atoms with Gasteiger partial charge in [-0.05, 0) is 6.08 Å². The average molecular weight is 110 g/mol. The zero-order chi connectivity index (χ0) is 5.98. The van der Waals surface area contributed by atoms with Gasteiger partial charge in [0.2, 0.25) is 11.8 Å². The number of aromatic nitrogens is 1. The summed E-state index contributed by atoms with van der Waals surface area (Å²) in [6.45, 7) is 3.43. The third-order valence-corrected chi connectivity index (χ3v) is 0.716. The highest BCUT2D eigenvalue weighted by Gasteiger charge is 1.90. The van der Waals surface area contributed by atoms with Gasteiger partial charge in [0, 0.05) is 0 Å². The fraction of sp³-hybridized carbons (Fsp3) is 0. The first kappa shape index (κ1) is 4.90. The normalized spacial score (nSPS) is 9.00. The highest BCUT2D eigenvalue weighted by Crippen LogP contribution is 2.03. The van der Waals surface area contributed by atoms with Gasteiger partial charge in [0.25, 0.3) is 0 Å². The molecule has 0 saturated heterocycles. The Morgan fingerprint density at radius 2 is 2.62 bits per heavy atom. The van der Waals surface area contributed by atoms with Gasteiger partial charge in [-0.25, -0.2) is 4.98 Å². The van der Waals surface area contributed by atoms with E-state index in [-0.39, 0.29) is 0 Å². The quantitative estimate of drug-likeness (QED) is 0.584. The molecule has 0 amide bonds. The molecule has 0 aliphatic carbocycles. The van der Waals surface area contributed by atoms with Crippen LogP contribution in [0.4, 0.5) is 5.88 Å². The molecule has 1 aromatic heterocycles. The van der Waals surface area contributed by atoms with E-state index in [9.17, 15) is 0 Å². The lowest BCUT2D eigenvalue weighted by Gasteiger charge is -1.76. The van der Waals surface area contributed by atoms with Crippen molar-refractivity contribution in [3.63, 3.8) is 0 Å². The summed E-state index contributed by atoms with van der Waals surface area (Å²) in [5.41, 5.74) is 5.18. The Morgan fingerprint density at radius 1 is 1.88 bits per heavy atom. The Morgan fingerprint density at radius 3 is 2.88 bits per heavy atom. The third kappa shape index (κ3) is 0.703. The number of nitrogens with two attached hydrogens (primary N) is 1. The summed E-state index contributed by atoms with van der Waals surface area (Å²) >= 11 is 0. The molecule has 3 heteroatoms. The van der Waals surface area contributed by atoms with Crippen LogP contribution in [0.5, 0.6) is 0 Å². The Kier molecular flexibility index (Phi) is 1.04. The van der Waals surface area contributed by atoms with Crippen LogP contribution in [0.3, 0.4) is 0 Å². The van der Waals surface area contributed by atoms with Crippen molar-refractivity contribution >= 4 is 12.0 Å².